The van der Waals surface area contributed by atoms with Crippen LogP contribution in [-0.4, -0.2) is 38.7 Å². The summed E-state index contributed by atoms with van der Waals surface area (Å²) in [5.74, 6) is 1.79. The van der Waals surface area contributed by atoms with Crippen molar-refractivity contribution in [2.45, 2.75) is 32.4 Å². The van der Waals surface area contributed by atoms with Crippen LogP contribution in [0.4, 0.5) is 5.95 Å². The van der Waals surface area contributed by atoms with E-state index in [1.54, 1.807) is 12.4 Å². The van der Waals surface area contributed by atoms with E-state index in [2.05, 4.69) is 25.3 Å². The van der Waals surface area contributed by atoms with Crippen LogP contribution in [0.2, 0.25) is 0 Å². The Morgan fingerprint density at radius 2 is 2.00 bits per heavy atom. The van der Waals surface area contributed by atoms with Crippen LogP contribution in [0.15, 0.2) is 30.7 Å². The van der Waals surface area contributed by atoms with E-state index in [9.17, 15) is 4.79 Å². The Kier molecular flexibility index (Phi) is 4.15. The van der Waals surface area contributed by atoms with Gasteiger partial charge in [-0.1, -0.05) is 0 Å². The monoisotopic (exact) mass is 326 g/mol. The molecule has 0 saturated heterocycles. The van der Waals surface area contributed by atoms with Crippen molar-refractivity contribution < 1.29 is 4.79 Å². The molecule has 4 rings (SSSR count). The fourth-order valence-corrected chi connectivity index (χ4v) is 3.18. The van der Waals surface area contributed by atoms with Crippen molar-refractivity contribution in [3.8, 4) is 0 Å². The number of nitrogens with zero attached hydrogens (tertiary/aromatic N) is 5. The first-order valence-corrected chi connectivity index (χ1v) is 8.57. The first kappa shape index (κ1) is 15.1. The Bertz CT molecular complexity index is 696. The zero-order valence-corrected chi connectivity index (χ0v) is 13.6. The minimum Gasteiger partial charge on any atom is -0.356 e. The molecule has 24 heavy (non-hydrogen) atoms. The number of hydrogen-bond acceptors (Lipinski definition) is 5. The minimum absolute atomic E-state index is 0.171. The van der Waals surface area contributed by atoms with E-state index < -0.39 is 0 Å². The Hall–Kier alpha value is -2.44. The molecule has 0 bridgehead atoms. The summed E-state index contributed by atoms with van der Waals surface area (Å²) in [6, 6.07) is 3.85. The van der Waals surface area contributed by atoms with Gasteiger partial charge in [0.05, 0.1) is 12.2 Å². The van der Waals surface area contributed by atoms with Crippen LogP contribution in [0.3, 0.4) is 0 Å². The first-order chi connectivity index (χ1) is 11.8. The zero-order chi connectivity index (χ0) is 16.4. The van der Waals surface area contributed by atoms with Crippen molar-refractivity contribution in [1.82, 2.24) is 25.1 Å². The number of nitrogens with one attached hydrogen (secondary N) is 1. The summed E-state index contributed by atoms with van der Waals surface area (Å²) < 4.78 is 2.03. The molecule has 3 heterocycles. The van der Waals surface area contributed by atoms with Crippen LogP contribution in [-0.2, 0) is 17.9 Å². The molecule has 2 aliphatic rings. The van der Waals surface area contributed by atoms with Gasteiger partial charge in [0.15, 0.2) is 0 Å². The van der Waals surface area contributed by atoms with E-state index in [1.807, 2.05) is 23.0 Å². The minimum atomic E-state index is 0.171. The molecule has 1 N–H and O–H groups in total. The molecule has 1 aliphatic heterocycles. The molecule has 0 spiro atoms. The molecular formula is C17H22N6O. The lowest BCUT2D eigenvalue weighted by Crippen LogP contribution is -2.37. The van der Waals surface area contributed by atoms with Gasteiger partial charge in [-0.3, -0.25) is 9.48 Å². The van der Waals surface area contributed by atoms with Gasteiger partial charge in [0.2, 0.25) is 11.9 Å². The largest absolute Gasteiger partial charge is 0.356 e. The Morgan fingerprint density at radius 3 is 2.79 bits per heavy atom. The van der Waals surface area contributed by atoms with Gasteiger partial charge in [-0.05, 0) is 30.9 Å². The molecular weight excluding hydrogens is 304 g/mol. The summed E-state index contributed by atoms with van der Waals surface area (Å²) in [4.78, 5) is 22.9. The van der Waals surface area contributed by atoms with Gasteiger partial charge >= 0.3 is 0 Å². The number of amides is 1. The summed E-state index contributed by atoms with van der Waals surface area (Å²) in [6.45, 7) is 3.00. The third-order valence-electron chi connectivity index (χ3n) is 4.66. The standard InChI is InChI=1S/C17H22N6O/c24-16(8-13-2-3-13)20-9-14-10-22(17-18-5-1-6-19-17)12-15-4-7-21-23(15)11-14/h1,4-7,13-14H,2-3,8-12H2,(H,20,24). The van der Waals surface area contributed by atoms with Crippen LogP contribution in [0.5, 0.6) is 0 Å². The van der Waals surface area contributed by atoms with E-state index >= 15 is 0 Å². The zero-order valence-electron chi connectivity index (χ0n) is 13.6. The molecule has 1 saturated carbocycles. The van der Waals surface area contributed by atoms with Gasteiger partial charge in [0, 0.05) is 50.6 Å². The number of carbonyl (C=O) groups excluding carboxylic acids is 1. The van der Waals surface area contributed by atoms with Crippen molar-refractivity contribution in [2.24, 2.45) is 11.8 Å². The summed E-state index contributed by atoms with van der Waals surface area (Å²) >= 11 is 0. The van der Waals surface area contributed by atoms with Gasteiger partial charge in [-0.25, -0.2) is 9.97 Å². The van der Waals surface area contributed by atoms with Gasteiger partial charge in [0.1, 0.15) is 0 Å². The summed E-state index contributed by atoms with van der Waals surface area (Å²) in [7, 11) is 0. The van der Waals surface area contributed by atoms with Gasteiger partial charge in [-0.2, -0.15) is 5.10 Å². The molecule has 126 valence electrons. The highest BCUT2D eigenvalue weighted by Crippen LogP contribution is 2.32. The summed E-state index contributed by atoms with van der Waals surface area (Å²) in [6.07, 6.45) is 8.42. The average molecular weight is 326 g/mol. The van der Waals surface area contributed by atoms with Gasteiger partial charge < -0.3 is 10.2 Å². The number of rotatable bonds is 5. The highest BCUT2D eigenvalue weighted by atomic mass is 16.1. The smallest absolute Gasteiger partial charge is 0.225 e. The number of hydrogen-bond donors (Lipinski definition) is 1. The second kappa shape index (κ2) is 6.59. The van der Waals surface area contributed by atoms with Crippen molar-refractivity contribution in [2.75, 3.05) is 18.0 Å². The highest BCUT2D eigenvalue weighted by molar-refractivity contribution is 5.76. The van der Waals surface area contributed by atoms with Crippen molar-refractivity contribution in [1.29, 1.82) is 0 Å². The molecule has 2 aromatic heterocycles. The quantitative estimate of drug-likeness (QED) is 0.894. The lowest BCUT2D eigenvalue weighted by Gasteiger charge is -2.24. The molecule has 7 nitrogen and oxygen atoms in total. The Morgan fingerprint density at radius 1 is 1.17 bits per heavy atom. The SMILES string of the molecule is O=C(CC1CC1)NCC1CN(c2ncccn2)Cc2ccnn2C1. The van der Waals surface area contributed by atoms with E-state index in [0.29, 0.717) is 18.9 Å². The molecule has 0 radical (unpaired) electrons. The third-order valence-corrected chi connectivity index (χ3v) is 4.66. The van der Waals surface area contributed by atoms with Crippen molar-refractivity contribution >= 4 is 11.9 Å². The van der Waals surface area contributed by atoms with Crippen LogP contribution < -0.4 is 10.2 Å². The Labute approximate surface area is 141 Å². The molecule has 2 aromatic rings. The summed E-state index contributed by atoms with van der Waals surface area (Å²) in [5.41, 5.74) is 1.15. The second-order valence-corrected chi connectivity index (χ2v) is 6.75. The maximum Gasteiger partial charge on any atom is 0.225 e. The normalized spacial score (nSPS) is 20.3. The van der Waals surface area contributed by atoms with Crippen molar-refractivity contribution in [3.63, 3.8) is 0 Å². The van der Waals surface area contributed by atoms with E-state index in [1.165, 1.54) is 12.8 Å². The van der Waals surface area contributed by atoms with E-state index in [4.69, 9.17) is 0 Å². The fraction of sp³-hybridized carbons (Fsp3) is 0.529. The first-order valence-electron chi connectivity index (χ1n) is 8.57. The van der Waals surface area contributed by atoms with Crippen LogP contribution >= 0.6 is 0 Å². The maximum atomic E-state index is 12.0. The predicted molar refractivity (Wildman–Crippen MR) is 89.1 cm³/mol. The number of carbonyl (C=O) groups is 1. The van der Waals surface area contributed by atoms with E-state index in [0.717, 1.165) is 31.3 Å². The van der Waals surface area contributed by atoms with Crippen LogP contribution in [0.25, 0.3) is 0 Å². The molecule has 1 aliphatic carbocycles. The topological polar surface area (TPSA) is 75.9 Å². The molecule has 1 atom stereocenters. The maximum absolute atomic E-state index is 12.0. The number of aromatic nitrogens is 4. The van der Waals surface area contributed by atoms with Gasteiger partial charge in [0.25, 0.3) is 0 Å². The molecule has 1 amide bonds. The van der Waals surface area contributed by atoms with Crippen LogP contribution in [0.1, 0.15) is 25.0 Å². The van der Waals surface area contributed by atoms with E-state index in [-0.39, 0.29) is 11.8 Å². The number of fused-ring (bicyclic) bond motifs is 1. The van der Waals surface area contributed by atoms with Gasteiger partial charge in [-0.15, -0.1) is 0 Å². The molecule has 0 aromatic carbocycles. The van der Waals surface area contributed by atoms with Crippen LogP contribution in [0, 0.1) is 11.8 Å². The molecule has 1 fully saturated rings. The third kappa shape index (κ3) is 3.55. The lowest BCUT2D eigenvalue weighted by molar-refractivity contribution is -0.121. The molecule has 1 unspecified atom stereocenters. The average Bonchev–Trinajstić information content (AvgIpc) is 3.34. The second-order valence-electron chi connectivity index (χ2n) is 6.75. The lowest BCUT2D eigenvalue weighted by atomic mass is 10.1. The molecule has 7 heteroatoms. The van der Waals surface area contributed by atoms with Crippen molar-refractivity contribution in [3.05, 3.63) is 36.4 Å². The number of anilines is 1. The Balaban J connectivity index is 1.45. The fourth-order valence-electron chi connectivity index (χ4n) is 3.18. The summed E-state index contributed by atoms with van der Waals surface area (Å²) in [5, 5.41) is 7.52. The highest BCUT2D eigenvalue weighted by Gasteiger charge is 2.26. The predicted octanol–water partition coefficient (Wildman–Crippen LogP) is 1.23.